The van der Waals surface area contributed by atoms with Crippen molar-refractivity contribution in [2.24, 2.45) is 4.99 Å². The number of rotatable bonds is 8. The number of fused-ring (bicyclic) bond motifs is 1. The second-order valence-corrected chi connectivity index (χ2v) is 8.90. The molecular weight excluding hydrogens is 459 g/mol. The fourth-order valence-electron chi connectivity index (χ4n) is 4.04. The second kappa shape index (κ2) is 9.92. The highest BCUT2D eigenvalue weighted by Gasteiger charge is 2.55. The maximum Gasteiger partial charge on any atom is 0.422 e. The van der Waals surface area contributed by atoms with Crippen molar-refractivity contribution in [3.05, 3.63) is 70.0 Å². The van der Waals surface area contributed by atoms with E-state index < -0.39 is 23.6 Å². The summed E-state index contributed by atoms with van der Waals surface area (Å²) in [5.74, 6) is 0.388. The summed E-state index contributed by atoms with van der Waals surface area (Å²) in [7, 11) is 0. The molecule has 6 nitrogen and oxygen atoms in total. The molecule has 3 rings (SSSR count). The number of hydrogen-bond donors (Lipinski definition) is 2. The van der Waals surface area contributed by atoms with Gasteiger partial charge in [-0.3, -0.25) is 9.79 Å². The van der Waals surface area contributed by atoms with Crippen LogP contribution in [0.2, 0.25) is 0 Å². The molecule has 0 fully saturated rings. The molecule has 1 unspecified atom stereocenters. The molecule has 0 saturated heterocycles. The first-order valence-corrected chi connectivity index (χ1v) is 11.0. The van der Waals surface area contributed by atoms with E-state index in [1.807, 2.05) is 6.07 Å². The number of aromatic amines is 1. The molecule has 9 heteroatoms. The molecule has 0 aliphatic rings. The van der Waals surface area contributed by atoms with Gasteiger partial charge in [0.15, 0.2) is 5.60 Å². The summed E-state index contributed by atoms with van der Waals surface area (Å²) in [6.07, 6.45) is -5.18. The lowest BCUT2D eigenvalue weighted by Gasteiger charge is -2.36. The predicted molar refractivity (Wildman–Crippen MR) is 128 cm³/mol. The van der Waals surface area contributed by atoms with E-state index in [-0.39, 0.29) is 17.7 Å². The molecule has 0 aliphatic carbocycles. The number of alkyl halides is 3. The average Bonchev–Trinajstić information content (AvgIpc) is 2.77. The third-order valence-electron chi connectivity index (χ3n) is 5.72. The summed E-state index contributed by atoms with van der Waals surface area (Å²) in [6, 6.07) is 14.4. The van der Waals surface area contributed by atoms with Crippen LogP contribution in [0.1, 0.15) is 38.3 Å². The largest absolute Gasteiger partial charge is 0.494 e. The topological polar surface area (TPSA) is 98.5 Å². The van der Waals surface area contributed by atoms with Gasteiger partial charge in [0.2, 0.25) is 5.56 Å². The van der Waals surface area contributed by atoms with Gasteiger partial charge < -0.3 is 14.8 Å². The number of halogens is 3. The van der Waals surface area contributed by atoms with Gasteiger partial charge in [-0.25, -0.2) is 0 Å². The van der Waals surface area contributed by atoms with Gasteiger partial charge in [-0.1, -0.05) is 32.0 Å². The maximum atomic E-state index is 14.2. The predicted octanol–water partition coefficient (Wildman–Crippen LogP) is 5.36. The lowest BCUT2D eigenvalue weighted by atomic mass is 9.74. The lowest BCUT2D eigenvalue weighted by molar-refractivity contribution is -0.234. The van der Waals surface area contributed by atoms with Gasteiger partial charge in [0.05, 0.1) is 30.3 Å². The van der Waals surface area contributed by atoms with Crippen LogP contribution in [0.25, 0.3) is 10.9 Å². The number of aliphatic imine (C=N–C) groups is 1. The van der Waals surface area contributed by atoms with E-state index in [9.17, 15) is 23.1 Å². The first-order chi connectivity index (χ1) is 16.4. The Kier molecular flexibility index (Phi) is 7.36. The SMILES string of the molecule is CCOc1ccc(CC#N)cc1C(C)(C)CC(O)(C=Nc1cccc2[nH]c(=O)ccc12)C(F)(F)F. The third-order valence-corrected chi connectivity index (χ3v) is 5.72. The molecule has 0 saturated carbocycles. The molecular formula is C26H26F3N3O3. The Balaban J connectivity index is 2.06. The molecule has 1 atom stereocenters. The molecule has 0 bridgehead atoms. The Hall–Kier alpha value is -3.64. The lowest BCUT2D eigenvalue weighted by Crippen LogP contribution is -2.50. The van der Waals surface area contributed by atoms with E-state index in [1.54, 1.807) is 51.1 Å². The Morgan fingerprint density at radius 2 is 1.91 bits per heavy atom. The molecule has 1 heterocycles. The van der Waals surface area contributed by atoms with Gasteiger partial charge >= 0.3 is 6.18 Å². The Morgan fingerprint density at radius 3 is 2.57 bits per heavy atom. The molecule has 35 heavy (non-hydrogen) atoms. The number of nitrogens with one attached hydrogen (secondary N) is 1. The van der Waals surface area contributed by atoms with E-state index >= 15 is 0 Å². The Labute approximate surface area is 200 Å². The Morgan fingerprint density at radius 1 is 1.17 bits per heavy atom. The van der Waals surface area contributed by atoms with Gasteiger partial charge in [-0.05, 0) is 48.6 Å². The van der Waals surface area contributed by atoms with Crippen LogP contribution >= 0.6 is 0 Å². The monoisotopic (exact) mass is 485 g/mol. The van der Waals surface area contributed by atoms with Gasteiger partial charge in [0, 0.05) is 23.2 Å². The molecule has 0 amide bonds. The zero-order valence-electron chi connectivity index (χ0n) is 19.6. The van der Waals surface area contributed by atoms with Crippen molar-refractivity contribution in [2.75, 3.05) is 6.61 Å². The number of aliphatic hydroxyl groups is 1. The van der Waals surface area contributed by atoms with E-state index in [0.717, 1.165) is 0 Å². The van der Waals surface area contributed by atoms with Crippen LogP contribution in [0, 0.1) is 11.3 Å². The van der Waals surface area contributed by atoms with Gasteiger partial charge in [-0.2, -0.15) is 18.4 Å². The number of pyridine rings is 1. The minimum atomic E-state index is -5.03. The highest BCUT2D eigenvalue weighted by atomic mass is 19.4. The van der Waals surface area contributed by atoms with Crippen molar-refractivity contribution in [2.45, 2.75) is 50.8 Å². The average molecular weight is 486 g/mol. The molecule has 184 valence electrons. The Bertz CT molecular complexity index is 1340. The fraction of sp³-hybridized carbons (Fsp3) is 0.346. The highest BCUT2D eigenvalue weighted by molar-refractivity contribution is 5.91. The van der Waals surface area contributed by atoms with Crippen molar-refractivity contribution in [1.82, 2.24) is 4.98 Å². The van der Waals surface area contributed by atoms with Crippen LogP contribution in [0.4, 0.5) is 18.9 Å². The maximum absolute atomic E-state index is 14.2. The second-order valence-electron chi connectivity index (χ2n) is 8.90. The standard InChI is InChI=1S/C26H26F3N3O3/c1-4-35-22-10-8-17(12-13-30)14-19(22)24(2,3)15-25(34,26(27,28)29)16-31-20-6-5-7-21-18(20)9-11-23(33)32-21/h5-11,14,16,34H,4,12,15H2,1-3H3,(H,32,33). The summed E-state index contributed by atoms with van der Waals surface area (Å²) in [6.45, 7) is 5.22. The number of aromatic nitrogens is 1. The van der Waals surface area contributed by atoms with Crippen LogP contribution in [0.5, 0.6) is 5.75 Å². The van der Waals surface area contributed by atoms with Crippen molar-refractivity contribution in [3.8, 4) is 11.8 Å². The van der Waals surface area contributed by atoms with E-state index in [2.05, 4.69) is 9.98 Å². The van der Waals surface area contributed by atoms with Gasteiger partial charge in [-0.15, -0.1) is 0 Å². The molecule has 3 aromatic rings. The minimum absolute atomic E-state index is 0.0870. The fourth-order valence-corrected chi connectivity index (χ4v) is 4.04. The zero-order valence-corrected chi connectivity index (χ0v) is 19.6. The van der Waals surface area contributed by atoms with Crippen LogP contribution in [-0.4, -0.2) is 34.7 Å². The number of nitrogens with zero attached hydrogens (tertiary/aromatic N) is 2. The molecule has 2 aromatic carbocycles. The normalized spacial score (nSPS) is 14.1. The van der Waals surface area contributed by atoms with Gasteiger partial charge in [0.1, 0.15) is 5.75 Å². The van der Waals surface area contributed by atoms with E-state index in [0.29, 0.717) is 40.6 Å². The number of ether oxygens (including phenoxy) is 1. The highest BCUT2D eigenvalue weighted by Crippen LogP contribution is 2.43. The number of hydrogen-bond acceptors (Lipinski definition) is 5. The summed E-state index contributed by atoms with van der Waals surface area (Å²) < 4.78 is 48.3. The first-order valence-electron chi connectivity index (χ1n) is 11.0. The minimum Gasteiger partial charge on any atom is -0.494 e. The molecule has 0 radical (unpaired) electrons. The number of H-pyrrole nitrogens is 1. The van der Waals surface area contributed by atoms with Crippen LogP contribution in [-0.2, 0) is 11.8 Å². The first kappa shape index (κ1) is 26.0. The van der Waals surface area contributed by atoms with E-state index in [4.69, 9.17) is 10.00 Å². The molecule has 2 N–H and O–H groups in total. The number of nitriles is 1. The molecule has 1 aromatic heterocycles. The van der Waals surface area contributed by atoms with Crippen LogP contribution in [0.15, 0.2) is 58.3 Å². The number of benzene rings is 2. The molecule has 0 aliphatic heterocycles. The van der Waals surface area contributed by atoms with Crippen molar-refractivity contribution in [3.63, 3.8) is 0 Å². The van der Waals surface area contributed by atoms with Crippen molar-refractivity contribution < 1.29 is 23.0 Å². The van der Waals surface area contributed by atoms with Crippen molar-refractivity contribution in [1.29, 1.82) is 5.26 Å². The quantitative estimate of drug-likeness (QED) is 0.420. The summed E-state index contributed by atoms with van der Waals surface area (Å²) >= 11 is 0. The smallest absolute Gasteiger partial charge is 0.422 e. The summed E-state index contributed by atoms with van der Waals surface area (Å²) in [4.78, 5) is 18.2. The summed E-state index contributed by atoms with van der Waals surface area (Å²) in [5, 5.41) is 20.4. The van der Waals surface area contributed by atoms with Crippen LogP contribution < -0.4 is 10.3 Å². The van der Waals surface area contributed by atoms with Crippen molar-refractivity contribution >= 4 is 22.8 Å². The third kappa shape index (κ3) is 5.72. The molecule has 0 spiro atoms. The van der Waals surface area contributed by atoms with Crippen LogP contribution in [0.3, 0.4) is 0 Å². The summed E-state index contributed by atoms with van der Waals surface area (Å²) in [5.41, 5.74) is -3.16. The zero-order chi connectivity index (χ0) is 25.9. The van der Waals surface area contributed by atoms with Gasteiger partial charge in [0.25, 0.3) is 0 Å². The van der Waals surface area contributed by atoms with E-state index in [1.165, 1.54) is 18.2 Å².